The third-order valence-electron chi connectivity index (χ3n) is 4.13. The van der Waals surface area contributed by atoms with Gasteiger partial charge in [0, 0.05) is 31.2 Å². The molecule has 150 valence electrons. The van der Waals surface area contributed by atoms with Crippen molar-refractivity contribution in [2.75, 3.05) is 19.6 Å². The van der Waals surface area contributed by atoms with E-state index in [1.165, 1.54) is 6.07 Å². The third kappa shape index (κ3) is 6.99. The first kappa shape index (κ1) is 21.4. The lowest BCUT2D eigenvalue weighted by atomic mass is 10.1. The highest BCUT2D eigenvalue weighted by Crippen LogP contribution is 2.18. The number of nitrogens with one attached hydrogen (secondary N) is 2. The monoisotopic (exact) mass is 399 g/mol. The SMILES string of the molecule is CC(C)(C)OC(=O)N1CCC[C@@H](NCC(=O)NCc2cccc(Cl)c2F)C1. The van der Waals surface area contributed by atoms with Gasteiger partial charge in [-0.2, -0.15) is 0 Å². The molecule has 6 nitrogen and oxygen atoms in total. The molecule has 1 aliphatic heterocycles. The second-order valence-electron chi connectivity index (χ2n) is 7.64. The van der Waals surface area contributed by atoms with Gasteiger partial charge in [-0.15, -0.1) is 0 Å². The smallest absolute Gasteiger partial charge is 0.410 e. The summed E-state index contributed by atoms with van der Waals surface area (Å²) in [7, 11) is 0. The summed E-state index contributed by atoms with van der Waals surface area (Å²) < 4.78 is 19.2. The van der Waals surface area contributed by atoms with Gasteiger partial charge < -0.3 is 20.3 Å². The van der Waals surface area contributed by atoms with Crippen molar-refractivity contribution in [1.82, 2.24) is 15.5 Å². The van der Waals surface area contributed by atoms with Crippen LogP contribution >= 0.6 is 11.6 Å². The molecular formula is C19H27ClFN3O3. The van der Waals surface area contributed by atoms with E-state index in [1.54, 1.807) is 17.0 Å². The van der Waals surface area contributed by atoms with Crippen LogP contribution in [-0.4, -0.2) is 48.2 Å². The summed E-state index contributed by atoms with van der Waals surface area (Å²) in [5.74, 6) is -0.767. The average Bonchev–Trinajstić information content (AvgIpc) is 2.60. The van der Waals surface area contributed by atoms with Crippen molar-refractivity contribution in [3.05, 3.63) is 34.6 Å². The number of nitrogens with zero attached hydrogens (tertiary/aromatic N) is 1. The summed E-state index contributed by atoms with van der Waals surface area (Å²) in [4.78, 5) is 25.8. The number of carbonyl (C=O) groups is 2. The lowest BCUT2D eigenvalue weighted by Crippen LogP contribution is -2.51. The van der Waals surface area contributed by atoms with E-state index in [0.29, 0.717) is 18.7 Å². The Balaban J connectivity index is 1.76. The molecule has 0 radical (unpaired) electrons. The standard InChI is InChI=1S/C19H27ClFN3O3/c1-19(2,3)27-18(26)24-9-5-7-14(12-24)22-11-16(25)23-10-13-6-4-8-15(20)17(13)21/h4,6,8,14,22H,5,7,9-12H2,1-3H3,(H,23,25)/t14-/m1/s1. The van der Waals surface area contributed by atoms with Crippen molar-refractivity contribution < 1.29 is 18.7 Å². The lowest BCUT2D eigenvalue weighted by molar-refractivity contribution is -0.120. The van der Waals surface area contributed by atoms with Gasteiger partial charge in [0.15, 0.2) is 0 Å². The Kier molecular flexibility index (Phi) is 7.44. The van der Waals surface area contributed by atoms with Crippen LogP contribution in [0, 0.1) is 5.82 Å². The van der Waals surface area contributed by atoms with E-state index < -0.39 is 11.4 Å². The number of likely N-dealkylation sites (tertiary alicyclic amines) is 1. The number of carbonyl (C=O) groups excluding carboxylic acids is 2. The molecule has 0 aliphatic carbocycles. The van der Waals surface area contributed by atoms with Gasteiger partial charge in [0.25, 0.3) is 0 Å². The molecule has 1 saturated heterocycles. The maximum Gasteiger partial charge on any atom is 0.410 e. The molecule has 2 N–H and O–H groups in total. The molecule has 0 unspecified atom stereocenters. The summed E-state index contributed by atoms with van der Waals surface area (Å²) in [5, 5.41) is 5.85. The predicted molar refractivity (Wildman–Crippen MR) is 102 cm³/mol. The lowest BCUT2D eigenvalue weighted by Gasteiger charge is -2.34. The third-order valence-corrected chi connectivity index (χ3v) is 4.42. The van der Waals surface area contributed by atoms with E-state index in [-0.39, 0.29) is 36.2 Å². The molecule has 1 aliphatic rings. The Labute approximate surface area is 164 Å². The van der Waals surface area contributed by atoms with Crippen LogP contribution < -0.4 is 10.6 Å². The van der Waals surface area contributed by atoms with Crippen LogP contribution in [0.3, 0.4) is 0 Å². The van der Waals surface area contributed by atoms with Crippen molar-refractivity contribution in [2.45, 2.75) is 51.8 Å². The van der Waals surface area contributed by atoms with E-state index >= 15 is 0 Å². The van der Waals surface area contributed by atoms with E-state index in [1.807, 2.05) is 20.8 Å². The average molecular weight is 400 g/mol. The number of benzene rings is 1. The van der Waals surface area contributed by atoms with Crippen molar-refractivity contribution in [1.29, 1.82) is 0 Å². The van der Waals surface area contributed by atoms with Crippen LogP contribution in [-0.2, 0) is 16.1 Å². The van der Waals surface area contributed by atoms with Crippen molar-refractivity contribution in [3.63, 3.8) is 0 Å². The normalized spacial score (nSPS) is 17.5. The summed E-state index contributed by atoms with van der Waals surface area (Å²) in [6, 6.07) is 4.69. The number of rotatable bonds is 5. The van der Waals surface area contributed by atoms with E-state index in [9.17, 15) is 14.0 Å². The van der Waals surface area contributed by atoms with Gasteiger partial charge in [0.1, 0.15) is 11.4 Å². The molecule has 0 saturated carbocycles. The van der Waals surface area contributed by atoms with Gasteiger partial charge in [-0.3, -0.25) is 4.79 Å². The zero-order valence-electron chi connectivity index (χ0n) is 16.0. The molecule has 0 spiro atoms. The maximum absolute atomic E-state index is 13.8. The molecule has 0 aromatic heterocycles. The highest BCUT2D eigenvalue weighted by molar-refractivity contribution is 6.30. The molecule has 1 aromatic carbocycles. The number of piperidine rings is 1. The van der Waals surface area contributed by atoms with Gasteiger partial charge >= 0.3 is 6.09 Å². The quantitative estimate of drug-likeness (QED) is 0.798. The van der Waals surface area contributed by atoms with Gasteiger partial charge in [-0.25, -0.2) is 9.18 Å². The first-order valence-corrected chi connectivity index (χ1v) is 9.44. The number of hydrogen-bond donors (Lipinski definition) is 2. The van der Waals surface area contributed by atoms with E-state index in [0.717, 1.165) is 12.8 Å². The van der Waals surface area contributed by atoms with Crippen LogP contribution in [0.4, 0.5) is 9.18 Å². The molecule has 0 bridgehead atoms. The van der Waals surface area contributed by atoms with Crippen molar-refractivity contribution in [2.24, 2.45) is 0 Å². The molecule has 1 heterocycles. The van der Waals surface area contributed by atoms with Crippen LogP contribution in [0.1, 0.15) is 39.2 Å². The Morgan fingerprint density at radius 1 is 1.37 bits per heavy atom. The Morgan fingerprint density at radius 3 is 2.81 bits per heavy atom. The maximum atomic E-state index is 13.8. The molecule has 8 heteroatoms. The molecule has 1 aromatic rings. The minimum Gasteiger partial charge on any atom is -0.444 e. The van der Waals surface area contributed by atoms with Gasteiger partial charge in [-0.05, 0) is 39.7 Å². The molecule has 2 amide bonds. The minimum absolute atomic E-state index is 0.0138. The zero-order valence-corrected chi connectivity index (χ0v) is 16.7. The Hall–Kier alpha value is -1.86. The molecule has 27 heavy (non-hydrogen) atoms. The van der Waals surface area contributed by atoms with Crippen molar-refractivity contribution in [3.8, 4) is 0 Å². The summed E-state index contributed by atoms with van der Waals surface area (Å²) >= 11 is 5.73. The van der Waals surface area contributed by atoms with Crippen molar-refractivity contribution >= 4 is 23.6 Å². The minimum atomic E-state index is -0.535. The number of amides is 2. The molecule has 2 rings (SSSR count). The van der Waals surface area contributed by atoms with Gasteiger partial charge in [-0.1, -0.05) is 23.7 Å². The highest BCUT2D eigenvalue weighted by atomic mass is 35.5. The van der Waals surface area contributed by atoms with Crippen LogP contribution in [0.2, 0.25) is 5.02 Å². The molecule has 1 fully saturated rings. The van der Waals surface area contributed by atoms with Gasteiger partial charge in [0.2, 0.25) is 5.91 Å². The van der Waals surface area contributed by atoms with Gasteiger partial charge in [0.05, 0.1) is 11.6 Å². The fourth-order valence-electron chi connectivity index (χ4n) is 2.81. The number of halogens is 2. The van der Waals surface area contributed by atoms with Crippen LogP contribution in [0.15, 0.2) is 18.2 Å². The topological polar surface area (TPSA) is 70.7 Å². The second-order valence-corrected chi connectivity index (χ2v) is 8.04. The number of ether oxygens (including phenoxy) is 1. The summed E-state index contributed by atoms with van der Waals surface area (Å²) in [6.45, 7) is 6.79. The van der Waals surface area contributed by atoms with Crippen LogP contribution in [0.25, 0.3) is 0 Å². The summed E-state index contributed by atoms with van der Waals surface area (Å²) in [5.41, 5.74) is -0.197. The highest BCUT2D eigenvalue weighted by Gasteiger charge is 2.27. The van der Waals surface area contributed by atoms with E-state index in [2.05, 4.69) is 10.6 Å². The molecular weight excluding hydrogens is 373 g/mol. The number of hydrogen-bond acceptors (Lipinski definition) is 4. The zero-order chi connectivity index (χ0) is 20.0. The predicted octanol–water partition coefficient (Wildman–Crippen LogP) is 3.08. The Bertz CT molecular complexity index is 679. The van der Waals surface area contributed by atoms with Crippen LogP contribution in [0.5, 0.6) is 0 Å². The fourth-order valence-corrected chi connectivity index (χ4v) is 3.01. The van der Waals surface area contributed by atoms with E-state index in [4.69, 9.17) is 16.3 Å². The largest absolute Gasteiger partial charge is 0.444 e. The Morgan fingerprint density at radius 2 is 2.11 bits per heavy atom. The first-order valence-electron chi connectivity index (χ1n) is 9.06. The first-order chi connectivity index (χ1) is 12.7. The molecule has 1 atom stereocenters. The fraction of sp³-hybridized carbons (Fsp3) is 0.579. The second kappa shape index (κ2) is 9.37. The summed E-state index contributed by atoms with van der Waals surface area (Å²) in [6.07, 6.45) is 1.37.